The summed E-state index contributed by atoms with van der Waals surface area (Å²) in [5.74, 6) is 1.05. The van der Waals surface area contributed by atoms with Gasteiger partial charge in [-0.1, -0.05) is 30.2 Å². The Hall–Kier alpha value is -2.28. The number of nitrogens with one attached hydrogen (secondary N) is 2. The van der Waals surface area contributed by atoms with Gasteiger partial charge in [0.25, 0.3) is 0 Å². The number of para-hydroxylation sites is 2. The Morgan fingerprint density at radius 1 is 1.03 bits per heavy atom. The Bertz CT molecular complexity index is 1050. The van der Waals surface area contributed by atoms with Crippen LogP contribution in [0.4, 0.5) is 5.69 Å². The minimum absolute atomic E-state index is 0. The molecule has 2 aliphatic rings. The van der Waals surface area contributed by atoms with Gasteiger partial charge in [0.05, 0.1) is 22.1 Å². The second-order valence-electron chi connectivity index (χ2n) is 8.44. The summed E-state index contributed by atoms with van der Waals surface area (Å²) in [6.07, 6.45) is 4.22. The van der Waals surface area contributed by atoms with Crippen LogP contribution in [0.1, 0.15) is 25.7 Å². The van der Waals surface area contributed by atoms with E-state index in [0.717, 1.165) is 80.1 Å². The van der Waals surface area contributed by atoms with Crippen molar-refractivity contribution in [2.24, 2.45) is 0 Å². The number of anilines is 1. The predicted octanol–water partition coefficient (Wildman–Crippen LogP) is 4.49. The third-order valence-corrected chi connectivity index (χ3v) is 6.71. The van der Waals surface area contributed by atoms with Gasteiger partial charge in [0, 0.05) is 37.4 Å². The number of carbonyl (C=O) groups excluding carboxylic acids is 1. The first-order chi connectivity index (χ1) is 15.2. The molecule has 2 saturated heterocycles. The lowest BCUT2D eigenvalue weighted by atomic mass is 10.0. The van der Waals surface area contributed by atoms with Gasteiger partial charge in [-0.2, -0.15) is 0 Å². The Morgan fingerprint density at radius 3 is 2.72 bits per heavy atom. The van der Waals surface area contributed by atoms with E-state index in [1.54, 1.807) is 0 Å². The van der Waals surface area contributed by atoms with Gasteiger partial charge in [-0.05, 0) is 56.1 Å². The maximum atomic E-state index is 12.9. The molecule has 1 aromatic heterocycles. The number of carbonyl (C=O) groups is 1. The first-order valence-corrected chi connectivity index (χ1v) is 11.6. The van der Waals surface area contributed by atoms with E-state index in [9.17, 15) is 4.79 Å². The lowest BCUT2D eigenvalue weighted by molar-refractivity contribution is -0.133. The van der Waals surface area contributed by atoms with Crippen molar-refractivity contribution in [2.45, 2.75) is 31.7 Å². The summed E-state index contributed by atoms with van der Waals surface area (Å²) in [5, 5.41) is 4.07. The van der Waals surface area contributed by atoms with Crippen molar-refractivity contribution in [1.82, 2.24) is 20.2 Å². The van der Waals surface area contributed by atoms with Crippen LogP contribution in [0.5, 0.6) is 0 Å². The average molecular weight is 474 g/mol. The summed E-state index contributed by atoms with van der Waals surface area (Å²) < 4.78 is 0. The third-order valence-electron chi connectivity index (χ3n) is 6.38. The fraction of sp³-hybridized carbons (Fsp3) is 0.417. The molecule has 3 aromatic rings. The van der Waals surface area contributed by atoms with E-state index in [1.165, 1.54) is 6.42 Å². The van der Waals surface area contributed by atoms with Crippen molar-refractivity contribution in [1.29, 1.82) is 0 Å². The number of aromatic nitrogens is 2. The minimum Gasteiger partial charge on any atom is -0.370 e. The number of imidazole rings is 1. The number of hydrogen-bond donors (Lipinski definition) is 2. The molecule has 0 spiro atoms. The molecule has 8 heteroatoms. The Labute approximate surface area is 199 Å². The molecule has 1 atom stereocenters. The zero-order valence-corrected chi connectivity index (χ0v) is 19.6. The smallest absolute Gasteiger partial charge is 0.239 e. The van der Waals surface area contributed by atoms with Gasteiger partial charge in [0.15, 0.2) is 0 Å². The number of nitrogens with zero attached hydrogens (tertiary/aromatic N) is 3. The number of rotatable bonds is 3. The highest BCUT2D eigenvalue weighted by Crippen LogP contribution is 2.32. The molecule has 1 amide bonds. The number of amides is 1. The number of halogens is 2. The highest BCUT2D eigenvalue weighted by atomic mass is 35.5. The molecule has 0 saturated carbocycles. The van der Waals surface area contributed by atoms with Crippen LogP contribution in [0, 0.1) is 0 Å². The highest BCUT2D eigenvalue weighted by Gasteiger charge is 2.27. The number of fused-ring (bicyclic) bond motifs is 1. The van der Waals surface area contributed by atoms with Crippen LogP contribution in [0.15, 0.2) is 42.5 Å². The maximum absolute atomic E-state index is 12.9. The summed E-state index contributed by atoms with van der Waals surface area (Å²) >= 11 is 6.54. The summed E-state index contributed by atoms with van der Waals surface area (Å²) in [6, 6.07) is 14.1. The van der Waals surface area contributed by atoms with Crippen molar-refractivity contribution in [3.8, 4) is 11.4 Å². The topological polar surface area (TPSA) is 64.3 Å². The van der Waals surface area contributed by atoms with Crippen molar-refractivity contribution in [3.05, 3.63) is 47.5 Å². The number of aromatic amines is 1. The van der Waals surface area contributed by atoms with Crippen LogP contribution >= 0.6 is 24.0 Å². The molecule has 0 aliphatic carbocycles. The SMILES string of the molecule is Cl.O=C([C@@H]1CCCCN1)N1CCCN(c2ccc(Cl)c(-c3nc4ccccc4[nH]3)c2)CC1. The molecular formula is C24H29Cl2N5O. The van der Waals surface area contributed by atoms with Crippen molar-refractivity contribution in [2.75, 3.05) is 37.6 Å². The number of hydrogen-bond acceptors (Lipinski definition) is 4. The number of benzene rings is 2. The monoisotopic (exact) mass is 473 g/mol. The van der Waals surface area contributed by atoms with Gasteiger partial charge < -0.3 is 20.1 Å². The number of piperidine rings is 1. The van der Waals surface area contributed by atoms with E-state index in [2.05, 4.69) is 27.3 Å². The largest absolute Gasteiger partial charge is 0.370 e. The summed E-state index contributed by atoms with van der Waals surface area (Å²) in [5.41, 5.74) is 3.95. The van der Waals surface area contributed by atoms with Crippen LogP contribution < -0.4 is 10.2 Å². The van der Waals surface area contributed by atoms with Crippen LogP contribution in [0.2, 0.25) is 5.02 Å². The molecular weight excluding hydrogens is 445 g/mol. The predicted molar refractivity (Wildman–Crippen MR) is 133 cm³/mol. The summed E-state index contributed by atoms with van der Waals surface area (Å²) in [6.45, 7) is 4.26. The molecule has 0 unspecified atom stereocenters. The molecule has 2 fully saturated rings. The van der Waals surface area contributed by atoms with Crippen molar-refractivity contribution in [3.63, 3.8) is 0 Å². The van der Waals surface area contributed by atoms with E-state index in [-0.39, 0.29) is 24.4 Å². The first-order valence-electron chi connectivity index (χ1n) is 11.2. The number of H-pyrrole nitrogens is 1. The fourth-order valence-corrected chi connectivity index (χ4v) is 4.86. The summed E-state index contributed by atoms with van der Waals surface area (Å²) in [4.78, 5) is 25.4. The van der Waals surface area contributed by atoms with Gasteiger partial charge in [0.2, 0.25) is 5.91 Å². The minimum atomic E-state index is -0.00415. The summed E-state index contributed by atoms with van der Waals surface area (Å²) in [7, 11) is 0. The van der Waals surface area contributed by atoms with Crippen LogP contribution in [0.25, 0.3) is 22.4 Å². The van der Waals surface area contributed by atoms with Gasteiger partial charge in [-0.25, -0.2) is 4.98 Å². The molecule has 5 rings (SSSR count). The van der Waals surface area contributed by atoms with E-state index < -0.39 is 0 Å². The average Bonchev–Trinajstić information content (AvgIpc) is 3.09. The maximum Gasteiger partial charge on any atom is 0.239 e. The molecule has 2 aliphatic heterocycles. The quantitative estimate of drug-likeness (QED) is 0.588. The molecule has 2 N–H and O–H groups in total. The van der Waals surface area contributed by atoms with E-state index in [4.69, 9.17) is 16.6 Å². The Balaban J connectivity index is 0.00000245. The van der Waals surface area contributed by atoms with E-state index in [0.29, 0.717) is 5.02 Å². The molecule has 0 bridgehead atoms. The molecule has 2 aromatic carbocycles. The van der Waals surface area contributed by atoms with Crippen molar-refractivity contribution < 1.29 is 4.79 Å². The molecule has 6 nitrogen and oxygen atoms in total. The lowest BCUT2D eigenvalue weighted by Gasteiger charge is -2.29. The van der Waals surface area contributed by atoms with Gasteiger partial charge in [0.1, 0.15) is 5.82 Å². The van der Waals surface area contributed by atoms with E-state index in [1.807, 2.05) is 35.2 Å². The Kier molecular flexibility index (Phi) is 7.23. The third kappa shape index (κ3) is 4.72. The molecule has 0 radical (unpaired) electrons. The van der Waals surface area contributed by atoms with Gasteiger partial charge >= 0.3 is 0 Å². The second-order valence-corrected chi connectivity index (χ2v) is 8.84. The normalized spacial score (nSPS) is 19.5. The second kappa shape index (κ2) is 10.1. The fourth-order valence-electron chi connectivity index (χ4n) is 4.65. The van der Waals surface area contributed by atoms with E-state index >= 15 is 0 Å². The molecule has 170 valence electrons. The van der Waals surface area contributed by atoms with Gasteiger partial charge in [-0.15, -0.1) is 12.4 Å². The van der Waals surface area contributed by atoms with Crippen LogP contribution in [-0.4, -0.2) is 59.5 Å². The zero-order valence-electron chi connectivity index (χ0n) is 18.0. The highest BCUT2D eigenvalue weighted by molar-refractivity contribution is 6.33. The van der Waals surface area contributed by atoms with Crippen LogP contribution in [0.3, 0.4) is 0 Å². The first kappa shape index (κ1) is 22.9. The Morgan fingerprint density at radius 2 is 1.91 bits per heavy atom. The van der Waals surface area contributed by atoms with Gasteiger partial charge in [-0.3, -0.25) is 4.79 Å². The lowest BCUT2D eigenvalue weighted by Crippen LogP contribution is -2.49. The molecule has 32 heavy (non-hydrogen) atoms. The van der Waals surface area contributed by atoms with Crippen LogP contribution in [-0.2, 0) is 4.79 Å². The molecule has 3 heterocycles. The van der Waals surface area contributed by atoms with Crippen molar-refractivity contribution >= 4 is 46.6 Å². The zero-order chi connectivity index (χ0) is 21.2. The standard InChI is InChI=1S/C24H28ClN5O.ClH/c25-19-10-9-17(16-18(19)23-27-20-6-1-2-7-21(20)28-23)29-12-5-13-30(15-14-29)24(31)22-8-3-4-11-26-22;/h1-2,6-7,9-10,16,22,26H,3-5,8,11-15H2,(H,27,28);1H/t22-;/m0./s1.